The van der Waals surface area contributed by atoms with Crippen molar-refractivity contribution in [2.75, 3.05) is 23.9 Å². The van der Waals surface area contributed by atoms with Gasteiger partial charge < -0.3 is 19.7 Å². The zero-order chi connectivity index (χ0) is 26.6. The van der Waals surface area contributed by atoms with Crippen molar-refractivity contribution >= 4 is 35.1 Å². The van der Waals surface area contributed by atoms with Gasteiger partial charge in [0.05, 0.1) is 18.5 Å². The van der Waals surface area contributed by atoms with Crippen LogP contribution in [0.25, 0.3) is 11.1 Å². The Kier molecular flexibility index (Phi) is 8.51. The van der Waals surface area contributed by atoms with E-state index in [1.807, 2.05) is 18.2 Å². The Labute approximate surface area is 219 Å². The molecule has 1 atom stereocenters. The largest absolute Gasteiger partial charge is 0.464 e. The van der Waals surface area contributed by atoms with Crippen LogP contribution in [0.2, 0.25) is 0 Å². The molecule has 1 fully saturated rings. The third-order valence-electron chi connectivity index (χ3n) is 6.44. The first kappa shape index (κ1) is 27.1. The Balaban J connectivity index is 1.78. The van der Waals surface area contributed by atoms with Crippen LogP contribution in [0.1, 0.15) is 56.4 Å². The van der Waals surface area contributed by atoms with Crippen LogP contribution in [0, 0.1) is 5.92 Å². The Morgan fingerprint density at radius 3 is 2.65 bits per heavy atom. The number of halogens is 3. The molecule has 0 spiro atoms. The zero-order valence-corrected chi connectivity index (χ0v) is 22.0. The van der Waals surface area contributed by atoms with Crippen molar-refractivity contribution in [2.45, 2.75) is 63.7 Å². The number of rotatable bonds is 8. The molecule has 200 valence electrons. The first-order chi connectivity index (χ1) is 17.7. The number of amidine groups is 1. The summed E-state index contributed by atoms with van der Waals surface area (Å²) in [6, 6.07) is 9.60. The molecule has 0 bridgehead atoms. The lowest BCUT2D eigenvalue weighted by Crippen LogP contribution is -2.40. The number of methoxy groups -OCH3 is 1. The van der Waals surface area contributed by atoms with Gasteiger partial charge in [-0.05, 0) is 54.5 Å². The van der Waals surface area contributed by atoms with Crippen molar-refractivity contribution in [2.24, 2.45) is 10.9 Å². The van der Waals surface area contributed by atoms with Gasteiger partial charge in [-0.15, -0.1) is 0 Å². The number of benzene rings is 1. The van der Waals surface area contributed by atoms with E-state index in [-0.39, 0.29) is 5.69 Å². The van der Waals surface area contributed by atoms with E-state index >= 15 is 0 Å². The highest BCUT2D eigenvalue weighted by atomic mass is 32.2. The molecule has 0 amide bonds. The van der Waals surface area contributed by atoms with Crippen molar-refractivity contribution in [3.05, 3.63) is 42.2 Å². The summed E-state index contributed by atoms with van der Waals surface area (Å²) in [5, 5.41) is 3.21. The molecule has 0 radical (unpaired) electrons. The summed E-state index contributed by atoms with van der Waals surface area (Å²) in [6.07, 6.45) is 2.63. The van der Waals surface area contributed by atoms with Gasteiger partial charge in [0.1, 0.15) is 0 Å². The maximum absolute atomic E-state index is 13.2. The molecule has 1 aliphatic carbocycles. The number of carbonyl (C=O) groups is 1. The first-order valence-electron chi connectivity index (χ1n) is 12.4. The lowest BCUT2D eigenvalue weighted by molar-refractivity contribution is -0.0605. The minimum atomic E-state index is -4.55. The van der Waals surface area contributed by atoms with Gasteiger partial charge in [-0.1, -0.05) is 45.2 Å². The quantitative estimate of drug-likeness (QED) is 0.306. The number of hydrogen-bond donors (Lipinski definition) is 2. The summed E-state index contributed by atoms with van der Waals surface area (Å²) in [6.45, 7) is 5.13. The number of ether oxygens (including phenoxy) is 1. The molecule has 37 heavy (non-hydrogen) atoms. The predicted molar refractivity (Wildman–Crippen MR) is 142 cm³/mol. The van der Waals surface area contributed by atoms with Crippen LogP contribution < -0.4 is 14.9 Å². The van der Waals surface area contributed by atoms with Crippen molar-refractivity contribution < 1.29 is 22.7 Å². The molecule has 1 unspecified atom stereocenters. The summed E-state index contributed by atoms with van der Waals surface area (Å²) in [7, 11) is 1.30. The molecule has 0 saturated heterocycles. The van der Waals surface area contributed by atoms with Gasteiger partial charge in [0, 0.05) is 24.3 Å². The number of hydrogen-bond acceptors (Lipinski definition) is 8. The monoisotopic (exact) mass is 535 g/mol. The van der Waals surface area contributed by atoms with Crippen molar-refractivity contribution in [1.82, 2.24) is 9.71 Å². The van der Waals surface area contributed by atoms with E-state index in [0.29, 0.717) is 28.8 Å². The Morgan fingerprint density at radius 1 is 1.24 bits per heavy atom. The van der Waals surface area contributed by atoms with Crippen LogP contribution in [0.4, 0.5) is 24.5 Å². The highest BCUT2D eigenvalue weighted by Gasteiger charge is 2.40. The second kappa shape index (κ2) is 11.6. The van der Waals surface area contributed by atoms with Gasteiger partial charge >= 0.3 is 12.1 Å². The SMILES string of the molecule is COC(=O)c1ncccc1-c1ccc(N(CC(C)C)C2CCCCC2)c(NC2N=C(C(F)(F)F)NS2)c1. The van der Waals surface area contributed by atoms with Crippen LogP contribution in [0.15, 0.2) is 41.5 Å². The standard InChI is InChI=1S/C26H32F3N5O2S/c1-16(2)15-34(18-8-5-4-6-9-18)21-12-11-17(19-10-7-13-30-22(19)23(35)36-3)14-20(21)31-25-32-24(33-37-25)26(27,28)29/h7,10-14,16,18,25,31H,4-6,8-9,15H2,1-3H3,(H,32,33). The second-order valence-corrected chi connectivity index (χ2v) is 10.5. The summed E-state index contributed by atoms with van der Waals surface area (Å²) >= 11 is 0.866. The van der Waals surface area contributed by atoms with Gasteiger partial charge in [-0.2, -0.15) is 13.2 Å². The number of aromatic nitrogens is 1. The van der Waals surface area contributed by atoms with E-state index in [2.05, 4.69) is 38.8 Å². The molecule has 1 saturated carbocycles. The minimum Gasteiger partial charge on any atom is -0.464 e. The number of nitrogens with one attached hydrogen (secondary N) is 2. The molecule has 2 heterocycles. The Bertz CT molecular complexity index is 1140. The van der Waals surface area contributed by atoms with Crippen molar-refractivity contribution in [3.63, 3.8) is 0 Å². The molecular weight excluding hydrogens is 503 g/mol. The molecule has 2 aromatic rings. The fourth-order valence-electron chi connectivity index (χ4n) is 4.80. The summed E-state index contributed by atoms with van der Waals surface area (Å²) in [5.41, 5.74) is 2.13. The molecule has 1 aromatic carbocycles. The average molecular weight is 536 g/mol. The maximum Gasteiger partial charge on any atom is 0.449 e. The van der Waals surface area contributed by atoms with Crippen molar-refractivity contribution in [1.29, 1.82) is 0 Å². The van der Waals surface area contributed by atoms with E-state index in [4.69, 9.17) is 4.74 Å². The first-order valence-corrected chi connectivity index (χ1v) is 13.3. The van der Waals surface area contributed by atoms with E-state index in [0.717, 1.165) is 49.9 Å². The van der Waals surface area contributed by atoms with Gasteiger partial charge in [0.15, 0.2) is 11.2 Å². The molecule has 4 rings (SSSR count). The third kappa shape index (κ3) is 6.49. The van der Waals surface area contributed by atoms with Crippen LogP contribution >= 0.6 is 11.9 Å². The number of pyridine rings is 1. The molecular formula is C26H32F3N5O2S. The highest BCUT2D eigenvalue weighted by Crippen LogP contribution is 2.38. The number of alkyl halides is 3. The number of nitrogens with zero attached hydrogens (tertiary/aromatic N) is 3. The number of carbonyl (C=O) groups excluding carboxylic acids is 1. The molecule has 2 aliphatic rings. The summed E-state index contributed by atoms with van der Waals surface area (Å²) < 4.78 is 46.8. The van der Waals surface area contributed by atoms with Gasteiger partial charge in [0.2, 0.25) is 5.84 Å². The molecule has 1 aromatic heterocycles. The van der Waals surface area contributed by atoms with Crippen LogP contribution in [-0.2, 0) is 4.74 Å². The summed E-state index contributed by atoms with van der Waals surface area (Å²) in [4.78, 5) is 22.8. The lowest BCUT2D eigenvalue weighted by Gasteiger charge is -2.38. The molecule has 11 heteroatoms. The Hall–Kier alpha value is -2.95. The van der Waals surface area contributed by atoms with Gasteiger partial charge in [-0.25, -0.2) is 14.8 Å². The fourth-order valence-corrected chi connectivity index (χ4v) is 5.54. The lowest BCUT2D eigenvalue weighted by atomic mass is 9.92. The van der Waals surface area contributed by atoms with E-state index in [1.54, 1.807) is 12.1 Å². The van der Waals surface area contributed by atoms with E-state index in [1.165, 1.54) is 19.7 Å². The van der Waals surface area contributed by atoms with E-state index < -0.39 is 23.5 Å². The fraction of sp³-hybridized carbons (Fsp3) is 0.500. The van der Waals surface area contributed by atoms with Crippen LogP contribution in [0.3, 0.4) is 0 Å². The van der Waals surface area contributed by atoms with E-state index in [9.17, 15) is 18.0 Å². The second-order valence-electron chi connectivity index (χ2n) is 9.65. The van der Waals surface area contributed by atoms with Crippen molar-refractivity contribution in [3.8, 4) is 11.1 Å². The number of aliphatic imine (C=N–C) groups is 1. The number of anilines is 2. The predicted octanol–water partition coefficient (Wildman–Crippen LogP) is 6.24. The topological polar surface area (TPSA) is 78.8 Å². The molecule has 1 aliphatic heterocycles. The van der Waals surface area contributed by atoms with Gasteiger partial charge in [0.25, 0.3) is 0 Å². The van der Waals surface area contributed by atoms with Gasteiger partial charge in [-0.3, -0.25) is 0 Å². The molecule has 2 N–H and O–H groups in total. The average Bonchev–Trinajstić information content (AvgIpc) is 3.37. The van der Waals surface area contributed by atoms with Crippen LogP contribution in [-0.4, -0.2) is 48.2 Å². The molecule has 7 nitrogen and oxygen atoms in total. The number of esters is 1. The van der Waals surface area contributed by atoms with Crippen LogP contribution in [0.5, 0.6) is 0 Å². The normalized spacial score (nSPS) is 18.4. The third-order valence-corrected chi connectivity index (χ3v) is 7.20. The minimum absolute atomic E-state index is 0.171. The Morgan fingerprint density at radius 2 is 2.00 bits per heavy atom. The maximum atomic E-state index is 13.2. The zero-order valence-electron chi connectivity index (χ0n) is 21.1. The highest BCUT2D eigenvalue weighted by molar-refractivity contribution is 7.99. The summed E-state index contributed by atoms with van der Waals surface area (Å²) in [5.74, 6) is -1.19. The smallest absolute Gasteiger partial charge is 0.449 e.